The minimum absolute atomic E-state index is 0.189. The monoisotopic (exact) mass is 273 g/mol. The van der Waals surface area contributed by atoms with Crippen molar-refractivity contribution in [2.24, 2.45) is 0 Å². The Bertz CT molecular complexity index is 456. The molecular formula is C12H14F3N3O. The molecular weight excluding hydrogens is 259 g/mol. The fraction of sp³-hybridized carbons (Fsp3) is 0.500. The number of alkyl halides is 3. The number of pyridine rings is 1. The number of hydrogen-bond donors (Lipinski definition) is 1. The van der Waals surface area contributed by atoms with Crippen LogP contribution in [0.4, 0.5) is 19.0 Å². The predicted octanol–water partition coefficient (Wildman–Crippen LogP) is 1.97. The van der Waals surface area contributed by atoms with Crippen LogP contribution in [-0.2, 0) is 0 Å². The van der Waals surface area contributed by atoms with Crippen molar-refractivity contribution < 1.29 is 18.0 Å². The van der Waals surface area contributed by atoms with Gasteiger partial charge < -0.3 is 10.2 Å². The topological polar surface area (TPSA) is 45.2 Å². The molecule has 0 radical (unpaired) electrons. The van der Waals surface area contributed by atoms with E-state index >= 15 is 0 Å². The summed E-state index contributed by atoms with van der Waals surface area (Å²) < 4.78 is 36.3. The molecule has 0 spiro atoms. The molecule has 2 rings (SSSR count). The minimum atomic E-state index is -4.41. The lowest BCUT2D eigenvalue weighted by Gasteiger charge is -2.19. The molecule has 1 amide bonds. The molecule has 0 saturated carbocycles. The fourth-order valence-electron chi connectivity index (χ4n) is 2.03. The van der Waals surface area contributed by atoms with Crippen LogP contribution in [0.3, 0.4) is 0 Å². The molecule has 7 heteroatoms. The number of nitrogens with zero attached hydrogens (tertiary/aromatic N) is 2. The third-order valence-electron chi connectivity index (χ3n) is 2.89. The van der Waals surface area contributed by atoms with Gasteiger partial charge in [0, 0.05) is 19.3 Å². The van der Waals surface area contributed by atoms with Crippen molar-refractivity contribution in [3.63, 3.8) is 0 Å². The Kier molecular flexibility index (Phi) is 3.92. The van der Waals surface area contributed by atoms with Gasteiger partial charge in [0.15, 0.2) is 0 Å². The largest absolute Gasteiger partial charge is 0.405 e. The average Bonchev–Trinajstić information content (AvgIpc) is 2.89. The molecule has 0 atom stereocenters. The van der Waals surface area contributed by atoms with E-state index in [0.29, 0.717) is 5.82 Å². The molecule has 1 aromatic heterocycles. The van der Waals surface area contributed by atoms with Gasteiger partial charge in [-0.25, -0.2) is 4.98 Å². The predicted molar refractivity (Wildman–Crippen MR) is 64.1 cm³/mol. The number of aromatic nitrogens is 1. The summed E-state index contributed by atoms with van der Waals surface area (Å²) in [5, 5.41) is 1.87. The number of amides is 1. The first-order valence-corrected chi connectivity index (χ1v) is 6.02. The Morgan fingerprint density at radius 1 is 1.37 bits per heavy atom. The number of carbonyl (C=O) groups excluding carboxylic acids is 1. The molecule has 2 heterocycles. The second-order valence-electron chi connectivity index (χ2n) is 4.37. The van der Waals surface area contributed by atoms with E-state index in [1.165, 1.54) is 12.3 Å². The molecule has 1 aliphatic heterocycles. The summed E-state index contributed by atoms with van der Waals surface area (Å²) in [4.78, 5) is 17.8. The quantitative estimate of drug-likeness (QED) is 0.915. The molecule has 1 fully saturated rings. The molecule has 1 saturated heterocycles. The van der Waals surface area contributed by atoms with E-state index in [4.69, 9.17) is 0 Å². The van der Waals surface area contributed by atoms with Gasteiger partial charge in [-0.3, -0.25) is 4.79 Å². The molecule has 0 unspecified atom stereocenters. The number of carbonyl (C=O) groups is 1. The third-order valence-corrected chi connectivity index (χ3v) is 2.89. The number of rotatable bonds is 3. The number of hydrogen-bond acceptors (Lipinski definition) is 3. The Morgan fingerprint density at radius 2 is 2.05 bits per heavy atom. The van der Waals surface area contributed by atoms with Crippen molar-refractivity contribution in [1.82, 2.24) is 10.3 Å². The van der Waals surface area contributed by atoms with E-state index < -0.39 is 18.6 Å². The summed E-state index contributed by atoms with van der Waals surface area (Å²) in [6.07, 6.45) is -0.875. The standard InChI is InChI=1S/C12H14F3N3O/c13-12(14,15)8-17-11(19)9-4-3-5-16-10(9)18-6-1-2-7-18/h3-5H,1-2,6-8H2,(H,17,19). The van der Waals surface area contributed by atoms with E-state index in [1.54, 1.807) is 6.07 Å². The summed E-state index contributed by atoms with van der Waals surface area (Å²) in [5.74, 6) is -0.285. The van der Waals surface area contributed by atoms with E-state index in [9.17, 15) is 18.0 Å². The van der Waals surface area contributed by atoms with Crippen molar-refractivity contribution in [3.05, 3.63) is 23.9 Å². The maximum Gasteiger partial charge on any atom is 0.405 e. The van der Waals surface area contributed by atoms with Gasteiger partial charge in [0.05, 0.1) is 5.56 Å². The lowest BCUT2D eigenvalue weighted by Crippen LogP contribution is -2.35. The van der Waals surface area contributed by atoms with Crippen LogP contribution >= 0.6 is 0 Å². The fourth-order valence-corrected chi connectivity index (χ4v) is 2.03. The molecule has 0 aromatic carbocycles. The van der Waals surface area contributed by atoms with Crippen molar-refractivity contribution in [3.8, 4) is 0 Å². The maximum absolute atomic E-state index is 12.1. The Balaban J connectivity index is 2.12. The van der Waals surface area contributed by atoms with Gasteiger partial charge in [-0.05, 0) is 25.0 Å². The first-order valence-electron chi connectivity index (χ1n) is 6.02. The van der Waals surface area contributed by atoms with Gasteiger partial charge in [-0.15, -0.1) is 0 Å². The van der Waals surface area contributed by atoms with Crippen molar-refractivity contribution in [2.45, 2.75) is 19.0 Å². The summed E-state index contributed by atoms with van der Waals surface area (Å²) >= 11 is 0. The summed E-state index contributed by atoms with van der Waals surface area (Å²) in [7, 11) is 0. The SMILES string of the molecule is O=C(NCC(F)(F)F)c1cccnc1N1CCCC1. The van der Waals surface area contributed by atoms with Gasteiger partial charge in [0.2, 0.25) is 0 Å². The van der Waals surface area contributed by atoms with Crippen LogP contribution in [0.15, 0.2) is 18.3 Å². The zero-order valence-electron chi connectivity index (χ0n) is 10.2. The minimum Gasteiger partial charge on any atom is -0.356 e. The van der Waals surface area contributed by atoms with Crippen LogP contribution in [0.1, 0.15) is 23.2 Å². The van der Waals surface area contributed by atoms with Gasteiger partial charge in [-0.2, -0.15) is 13.2 Å². The highest BCUT2D eigenvalue weighted by atomic mass is 19.4. The second kappa shape index (κ2) is 5.46. The molecule has 0 bridgehead atoms. The normalized spacial score (nSPS) is 15.6. The molecule has 1 N–H and O–H groups in total. The Morgan fingerprint density at radius 3 is 2.68 bits per heavy atom. The molecule has 19 heavy (non-hydrogen) atoms. The highest BCUT2D eigenvalue weighted by Crippen LogP contribution is 2.22. The Labute approximate surface area is 108 Å². The zero-order valence-corrected chi connectivity index (χ0v) is 10.2. The lowest BCUT2D eigenvalue weighted by atomic mass is 10.2. The number of anilines is 1. The lowest BCUT2D eigenvalue weighted by molar-refractivity contribution is -0.123. The van der Waals surface area contributed by atoms with Crippen LogP contribution in [0.5, 0.6) is 0 Å². The Hall–Kier alpha value is -1.79. The maximum atomic E-state index is 12.1. The molecule has 4 nitrogen and oxygen atoms in total. The van der Waals surface area contributed by atoms with Crippen LogP contribution in [0, 0.1) is 0 Å². The zero-order chi connectivity index (χ0) is 13.9. The van der Waals surface area contributed by atoms with Gasteiger partial charge in [0.25, 0.3) is 5.91 Å². The third kappa shape index (κ3) is 3.59. The van der Waals surface area contributed by atoms with Crippen LogP contribution in [-0.4, -0.2) is 36.7 Å². The highest BCUT2D eigenvalue weighted by Gasteiger charge is 2.29. The van der Waals surface area contributed by atoms with E-state index in [2.05, 4.69) is 4.98 Å². The highest BCUT2D eigenvalue weighted by molar-refractivity contribution is 5.98. The van der Waals surface area contributed by atoms with E-state index in [1.807, 2.05) is 10.2 Å². The van der Waals surface area contributed by atoms with E-state index in [-0.39, 0.29) is 5.56 Å². The first kappa shape index (κ1) is 13.6. The smallest absolute Gasteiger partial charge is 0.356 e. The van der Waals surface area contributed by atoms with Gasteiger partial charge in [-0.1, -0.05) is 0 Å². The molecule has 0 aliphatic carbocycles. The molecule has 1 aromatic rings. The molecule has 1 aliphatic rings. The van der Waals surface area contributed by atoms with Crippen LogP contribution in [0.2, 0.25) is 0 Å². The van der Waals surface area contributed by atoms with Gasteiger partial charge in [0.1, 0.15) is 12.4 Å². The van der Waals surface area contributed by atoms with Crippen molar-refractivity contribution in [1.29, 1.82) is 0 Å². The summed E-state index contributed by atoms with van der Waals surface area (Å²) in [6, 6.07) is 3.04. The number of nitrogens with one attached hydrogen (secondary N) is 1. The molecule has 104 valence electrons. The summed E-state index contributed by atoms with van der Waals surface area (Å²) in [6.45, 7) is 0.216. The second-order valence-corrected chi connectivity index (χ2v) is 4.37. The summed E-state index contributed by atoms with van der Waals surface area (Å²) in [5.41, 5.74) is 0.189. The van der Waals surface area contributed by atoms with Gasteiger partial charge >= 0.3 is 6.18 Å². The van der Waals surface area contributed by atoms with Crippen molar-refractivity contribution >= 4 is 11.7 Å². The average molecular weight is 273 g/mol. The first-order chi connectivity index (χ1) is 8.97. The van der Waals surface area contributed by atoms with E-state index in [0.717, 1.165) is 25.9 Å². The van der Waals surface area contributed by atoms with Crippen LogP contribution < -0.4 is 10.2 Å². The van der Waals surface area contributed by atoms with Crippen molar-refractivity contribution in [2.75, 3.05) is 24.5 Å². The number of halogens is 3. The van der Waals surface area contributed by atoms with Crippen LogP contribution in [0.25, 0.3) is 0 Å².